The minimum Gasteiger partial charge on any atom is -0.351 e. The lowest BCUT2D eigenvalue weighted by Crippen LogP contribution is -2.65. The lowest BCUT2D eigenvalue weighted by Gasteiger charge is -2.61. The monoisotopic (exact) mass is 340 g/mol. The second-order valence-electron chi connectivity index (χ2n) is 8.67. The van der Waals surface area contributed by atoms with Gasteiger partial charge < -0.3 is 10.6 Å². The minimum absolute atomic E-state index is 0.0360. The molecule has 2 atom stereocenters. The molecule has 4 aliphatic carbocycles. The van der Waals surface area contributed by atoms with Crippen LogP contribution in [0.2, 0.25) is 0 Å². The SMILES string of the molecule is CCc1ccccc1NC(=O)C12C[C@H]3C[C@@H](CC(NC(C)=O)(C3)C1)C2. The van der Waals surface area contributed by atoms with Gasteiger partial charge in [-0.3, -0.25) is 9.59 Å². The lowest BCUT2D eigenvalue weighted by molar-refractivity contribution is -0.148. The summed E-state index contributed by atoms with van der Waals surface area (Å²) in [7, 11) is 0. The third-order valence-electron chi connectivity index (χ3n) is 6.63. The van der Waals surface area contributed by atoms with Gasteiger partial charge in [0.2, 0.25) is 11.8 Å². The Labute approximate surface area is 149 Å². The van der Waals surface area contributed by atoms with Gasteiger partial charge in [-0.1, -0.05) is 25.1 Å². The number of hydrogen-bond acceptors (Lipinski definition) is 2. The average Bonchev–Trinajstić information content (AvgIpc) is 2.52. The highest BCUT2D eigenvalue weighted by atomic mass is 16.2. The van der Waals surface area contributed by atoms with Gasteiger partial charge in [0.25, 0.3) is 0 Å². The molecule has 0 aromatic heterocycles. The maximum Gasteiger partial charge on any atom is 0.230 e. The van der Waals surface area contributed by atoms with Crippen LogP contribution in [-0.4, -0.2) is 17.4 Å². The molecule has 2 amide bonds. The molecular formula is C21H28N2O2. The van der Waals surface area contributed by atoms with Gasteiger partial charge in [-0.25, -0.2) is 0 Å². The molecule has 4 fully saturated rings. The molecule has 0 spiro atoms. The van der Waals surface area contributed by atoms with E-state index in [0.29, 0.717) is 11.8 Å². The Hall–Kier alpha value is -1.84. The first kappa shape index (κ1) is 16.6. The first-order valence-electron chi connectivity index (χ1n) is 9.62. The van der Waals surface area contributed by atoms with E-state index in [9.17, 15) is 9.59 Å². The highest BCUT2D eigenvalue weighted by Gasteiger charge is 2.60. The summed E-state index contributed by atoms with van der Waals surface area (Å²) in [5, 5.41) is 6.47. The van der Waals surface area contributed by atoms with Crippen LogP contribution in [0.5, 0.6) is 0 Å². The van der Waals surface area contributed by atoms with E-state index < -0.39 is 0 Å². The van der Waals surface area contributed by atoms with Crippen LogP contribution < -0.4 is 10.6 Å². The van der Waals surface area contributed by atoms with Crippen LogP contribution in [0.4, 0.5) is 5.69 Å². The van der Waals surface area contributed by atoms with Crippen LogP contribution in [0.25, 0.3) is 0 Å². The fourth-order valence-electron chi connectivity index (χ4n) is 6.25. The maximum atomic E-state index is 13.3. The van der Waals surface area contributed by atoms with Gasteiger partial charge in [0.15, 0.2) is 0 Å². The van der Waals surface area contributed by atoms with Gasteiger partial charge >= 0.3 is 0 Å². The summed E-state index contributed by atoms with van der Waals surface area (Å²) < 4.78 is 0. The van der Waals surface area contributed by atoms with Crippen molar-refractivity contribution in [1.29, 1.82) is 0 Å². The zero-order chi connectivity index (χ0) is 17.7. The summed E-state index contributed by atoms with van der Waals surface area (Å²) >= 11 is 0. The van der Waals surface area contributed by atoms with Crippen molar-refractivity contribution in [2.45, 2.75) is 64.3 Å². The number of para-hydroxylation sites is 1. The van der Waals surface area contributed by atoms with Crippen molar-refractivity contribution in [3.63, 3.8) is 0 Å². The fraction of sp³-hybridized carbons (Fsp3) is 0.619. The van der Waals surface area contributed by atoms with E-state index in [-0.39, 0.29) is 22.8 Å². The summed E-state index contributed by atoms with van der Waals surface area (Å²) in [6.45, 7) is 3.71. The van der Waals surface area contributed by atoms with Crippen molar-refractivity contribution in [2.75, 3.05) is 5.32 Å². The van der Waals surface area contributed by atoms with Gasteiger partial charge in [-0.15, -0.1) is 0 Å². The number of hydrogen-bond donors (Lipinski definition) is 2. The molecule has 4 nitrogen and oxygen atoms in total. The van der Waals surface area contributed by atoms with E-state index in [1.165, 1.54) is 12.0 Å². The topological polar surface area (TPSA) is 58.2 Å². The number of carbonyl (C=O) groups excluding carboxylic acids is 2. The second kappa shape index (κ2) is 5.86. The van der Waals surface area contributed by atoms with Crippen molar-refractivity contribution in [2.24, 2.45) is 17.3 Å². The Morgan fingerprint density at radius 2 is 1.80 bits per heavy atom. The van der Waals surface area contributed by atoms with Crippen molar-refractivity contribution in [1.82, 2.24) is 5.32 Å². The van der Waals surface area contributed by atoms with Gasteiger partial charge in [-0.2, -0.15) is 0 Å². The summed E-state index contributed by atoms with van der Waals surface area (Å²) in [5.41, 5.74) is 1.65. The van der Waals surface area contributed by atoms with Crippen molar-refractivity contribution < 1.29 is 9.59 Å². The Balaban J connectivity index is 1.60. The Morgan fingerprint density at radius 1 is 1.12 bits per heavy atom. The van der Waals surface area contributed by atoms with Crippen LogP contribution in [0.3, 0.4) is 0 Å². The van der Waals surface area contributed by atoms with E-state index in [4.69, 9.17) is 0 Å². The van der Waals surface area contributed by atoms with Gasteiger partial charge in [0.1, 0.15) is 0 Å². The molecule has 2 N–H and O–H groups in total. The predicted molar refractivity (Wildman–Crippen MR) is 98.1 cm³/mol. The molecule has 1 aromatic carbocycles. The molecule has 4 heteroatoms. The van der Waals surface area contributed by atoms with Crippen LogP contribution in [0, 0.1) is 17.3 Å². The highest BCUT2D eigenvalue weighted by Crippen LogP contribution is 2.61. The zero-order valence-electron chi connectivity index (χ0n) is 15.2. The van der Waals surface area contributed by atoms with Crippen molar-refractivity contribution in [3.05, 3.63) is 29.8 Å². The average molecular weight is 340 g/mol. The number of carbonyl (C=O) groups is 2. The lowest BCUT2D eigenvalue weighted by atomic mass is 9.46. The van der Waals surface area contributed by atoms with E-state index in [1.807, 2.05) is 18.2 Å². The standard InChI is InChI=1S/C21H28N2O2/c1-3-17-6-4-5-7-18(17)22-19(25)20-9-15-8-16(10-20)12-21(11-15,13-20)23-14(2)24/h4-7,15-16H,3,8-13H2,1-2H3,(H,22,25)(H,23,24)/t15-,16-,20?,21?/m1/s1. The van der Waals surface area contributed by atoms with Crippen LogP contribution in [0.15, 0.2) is 24.3 Å². The highest BCUT2D eigenvalue weighted by molar-refractivity contribution is 5.96. The molecule has 5 rings (SSSR count). The fourth-order valence-corrected chi connectivity index (χ4v) is 6.25. The minimum atomic E-state index is -0.312. The van der Waals surface area contributed by atoms with Gasteiger partial charge in [-0.05, 0) is 68.4 Å². The Bertz CT molecular complexity index is 698. The zero-order valence-corrected chi connectivity index (χ0v) is 15.2. The largest absolute Gasteiger partial charge is 0.351 e. The number of rotatable bonds is 4. The first-order valence-corrected chi connectivity index (χ1v) is 9.62. The van der Waals surface area contributed by atoms with Gasteiger partial charge in [0, 0.05) is 18.2 Å². The van der Waals surface area contributed by atoms with Crippen molar-refractivity contribution in [3.8, 4) is 0 Å². The van der Waals surface area contributed by atoms with Crippen LogP contribution in [0.1, 0.15) is 57.9 Å². The van der Waals surface area contributed by atoms with Crippen molar-refractivity contribution >= 4 is 17.5 Å². The molecule has 1 aromatic rings. The number of aryl methyl sites for hydroxylation is 1. The molecule has 4 bridgehead atoms. The molecule has 4 saturated carbocycles. The third-order valence-corrected chi connectivity index (χ3v) is 6.63. The summed E-state index contributed by atoms with van der Waals surface area (Å²) in [4.78, 5) is 25.1. The summed E-state index contributed by atoms with van der Waals surface area (Å²) in [5.74, 6) is 1.34. The molecule has 0 aliphatic heterocycles. The van der Waals surface area contributed by atoms with Gasteiger partial charge in [0.05, 0.1) is 5.41 Å². The number of anilines is 1. The molecule has 134 valence electrons. The normalized spacial score (nSPS) is 35.4. The molecule has 25 heavy (non-hydrogen) atoms. The van der Waals surface area contributed by atoms with E-state index in [2.05, 4.69) is 23.6 Å². The molecular weight excluding hydrogens is 312 g/mol. The first-order chi connectivity index (χ1) is 11.9. The molecule has 0 radical (unpaired) electrons. The molecule has 0 heterocycles. The Kier molecular flexibility index (Phi) is 3.89. The quantitative estimate of drug-likeness (QED) is 0.879. The maximum absolute atomic E-state index is 13.3. The molecule has 4 aliphatic rings. The smallest absolute Gasteiger partial charge is 0.230 e. The predicted octanol–water partition coefficient (Wildman–Crippen LogP) is 3.66. The van der Waals surface area contributed by atoms with E-state index in [1.54, 1.807) is 6.92 Å². The number of benzene rings is 1. The summed E-state index contributed by atoms with van der Waals surface area (Å²) in [6.07, 6.45) is 6.97. The number of nitrogens with one attached hydrogen (secondary N) is 2. The van der Waals surface area contributed by atoms with Crippen LogP contribution in [-0.2, 0) is 16.0 Å². The van der Waals surface area contributed by atoms with E-state index in [0.717, 1.165) is 44.2 Å². The summed E-state index contributed by atoms with van der Waals surface area (Å²) in [6, 6.07) is 8.08. The molecule has 0 unspecified atom stereocenters. The van der Waals surface area contributed by atoms with E-state index >= 15 is 0 Å². The number of amides is 2. The third kappa shape index (κ3) is 2.86. The second-order valence-corrected chi connectivity index (χ2v) is 8.67. The Morgan fingerprint density at radius 3 is 2.44 bits per heavy atom. The van der Waals surface area contributed by atoms with Crippen LogP contribution >= 0.6 is 0 Å². The molecule has 0 saturated heterocycles.